The number of amides is 1. The van der Waals surface area contributed by atoms with Crippen LogP contribution in [0.25, 0.3) is 0 Å². The highest BCUT2D eigenvalue weighted by molar-refractivity contribution is 5.81. The maximum absolute atomic E-state index is 13.5. The van der Waals surface area contributed by atoms with Crippen LogP contribution in [0.2, 0.25) is 0 Å². The van der Waals surface area contributed by atoms with Crippen LogP contribution < -0.4 is 11.1 Å². The first kappa shape index (κ1) is 16.9. The quantitative estimate of drug-likeness (QED) is 0.831. The molecule has 1 saturated heterocycles. The maximum atomic E-state index is 13.5. The number of hydrogen-bond acceptors (Lipinski definition) is 4. The first-order valence-corrected chi connectivity index (χ1v) is 7.49. The van der Waals surface area contributed by atoms with Gasteiger partial charge in [-0.2, -0.15) is 0 Å². The van der Waals surface area contributed by atoms with Gasteiger partial charge in [0.15, 0.2) is 0 Å². The minimum absolute atomic E-state index is 0.158. The average Bonchev–Trinajstić information content (AvgIpc) is 2.55. The minimum Gasteiger partial charge on any atom is -0.381 e. The van der Waals surface area contributed by atoms with Gasteiger partial charge in [0.05, 0.1) is 12.6 Å². The second kappa shape index (κ2) is 8.22. The smallest absolute Gasteiger partial charge is 0.237 e. The molecular weight excluding hydrogens is 287 g/mol. The van der Waals surface area contributed by atoms with Crippen LogP contribution in [0, 0.1) is 11.7 Å². The third-order valence-corrected chi connectivity index (χ3v) is 3.95. The van der Waals surface area contributed by atoms with Crippen molar-refractivity contribution < 1.29 is 18.7 Å². The fourth-order valence-corrected chi connectivity index (χ4v) is 2.60. The molecule has 1 heterocycles. The standard InChI is InChI=1S/C16H23FN2O3/c1-21-10-13-8-11(2-3-14(13)17)9-19-16(20)15(18)12-4-6-22-7-5-12/h2-3,8,12,15H,4-7,9-10,18H2,1H3,(H,19,20). The van der Waals surface area contributed by atoms with Gasteiger partial charge < -0.3 is 20.5 Å². The number of nitrogens with one attached hydrogen (secondary N) is 1. The summed E-state index contributed by atoms with van der Waals surface area (Å²) in [4.78, 5) is 12.1. The summed E-state index contributed by atoms with van der Waals surface area (Å²) in [6.07, 6.45) is 1.62. The molecule has 1 fully saturated rings. The highest BCUT2D eigenvalue weighted by Crippen LogP contribution is 2.18. The molecule has 0 radical (unpaired) electrons. The Hall–Kier alpha value is -1.50. The average molecular weight is 310 g/mol. The third-order valence-electron chi connectivity index (χ3n) is 3.95. The molecule has 0 bridgehead atoms. The largest absolute Gasteiger partial charge is 0.381 e. The first-order valence-electron chi connectivity index (χ1n) is 7.49. The Morgan fingerprint density at radius 2 is 2.23 bits per heavy atom. The molecule has 1 aromatic rings. The van der Waals surface area contributed by atoms with Gasteiger partial charge in [-0.1, -0.05) is 6.07 Å². The highest BCUT2D eigenvalue weighted by Gasteiger charge is 2.26. The number of nitrogens with two attached hydrogens (primary N) is 1. The van der Waals surface area contributed by atoms with Gasteiger partial charge in [0, 0.05) is 32.4 Å². The Kier molecular flexibility index (Phi) is 6.30. The number of halogens is 1. The fraction of sp³-hybridized carbons (Fsp3) is 0.562. The molecular formula is C16H23FN2O3. The zero-order valence-electron chi connectivity index (χ0n) is 12.8. The molecule has 0 aromatic heterocycles. The second-order valence-corrected chi connectivity index (χ2v) is 5.55. The van der Waals surface area contributed by atoms with Crippen LogP contribution in [0.4, 0.5) is 4.39 Å². The van der Waals surface area contributed by atoms with E-state index in [9.17, 15) is 9.18 Å². The normalized spacial score (nSPS) is 17.2. The van der Waals surface area contributed by atoms with Gasteiger partial charge in [-0.15, -0.1) is 0 Å². The Bertz CT molecular complexity index is 504. The number of carbonyl (C=O) groups is 1. The van der Waals surface area contributed by atoms with Crippen molar-refractivity contribution >= 4 is 5.91 Å². The summed E-state index contributed by atoms with van der Waals surface area (Å²) in [5.41, 5.74) is 7.31. The van der Waals surface area contributed by atoms with E-state index in [2.05, 4.69) is 5.32 Å². The monoisotopic (exact) mass is 310 g/mol. The van der Waals surface area contributed by atoms with Crippen LogP contribution in [0.3, 0.4) is 0 Å². The highest BCUT2D eigenvalue weighted by atomic mass is 19.1. The molecule has 1 amide bonds. The first-order chi connectivity index (χ1) is 10.6. The molecule has 2 rings (SSSR count). The zero-order valence-corrected chi connectivity index (χ0v) is 12.8. The van der Waals surface area contributed by atoms with Gasteiger partial charge in [-0.3, -0.25) is 4.79 Å². The fourth-order valence-electron chi connectivity index (χ4n) is 2.60. The van der Waals surface area contributed by atoms with Crippen LogP contribution in [0.15, 0.2) is 18.2 Å². The lowest BCUT2D eigenvalue weighted by molar-refractivity contribution is -0.124. The molecule has 1 atom stereocenters. The summed E-state index contributed by atoms with van der Waals surface area (Å²) in [6.45, 7) is 1.84. The lowest BCUT2D eigenvalue weighted by Gasteiger charge is -2.26. The van der Waals surface area contributed by atoms with Gasteiger partial charge in [0.25, 0.3) is 0 Å². The van der Waals surface area contributed by atoms with E-state index in [-0.39, 0.29) is 24.2 Å². The Balaban J connectivity index is 1.88. The lowest BCUT2D eigenvalue weighted by atomic mass is 9.92. The SMILES string of the molecule is COCc1cc(CNC(=O)C(N)C2CCOCC2)ccc1F. The number of benzene rings is 1. The van der Waals surface area contributed by atoms with Crippen LogP contribution in [0.5, 0.6) is 0 Å². The molecule has 0 saturated carbocycles. The summed E-state index contributed by atoms with van der Waals surface area (Å²) in [5.74, 6) is -0.327. The second-order valence-electron chi connectivity index (χ2n) is 5.55. The predicted molar refractivity (Wildman–Crippen MR) is 80.5 cm³/mol. The van der Waals surface area contributed by atoms with E-state index in [0.29, 0.717) is 25.3 Å². The van der Waals surface area contributed by atoms with Crippen LogP contribution in [-0.2, 0) is 27.4 Å². The number of carbonyl (C=O) groups excluding carboxylic acids is 1. The van der Waals surface area contributed by atoms with Crippen molar-refractivity contribution in [3.8, 4) is 0 Å². The summed E-state index contributed by atoms with van der Waals surface area (Å²) in [6, 6.07) is 4.20. The Morgan fingerprint density at radius 1 is 1.50 bits per heavy atom. The molecule has 1 aromatic carbocycles. The van der Waals surface area contributed by atoms with E-state index >= 15 is 0 Å². The van der Waals surface area contributed by atoms with Gasteiger partial charge in [-0.05, 0) is 36.5 Å². The molecule has 1 aliphatic heterocycles. The molecule has 1 aliphatic rings. The van der Waals surface area contributed by atoms with Crippen LogP contribution >= 0.6 is 0 Å². The number of rotatable bonds is 6. The van der Waals surface area contributed by atoms with Crippen molar-refractivity contribution in [3.63, 3.8) is 0 Å². The van der Waals surface area contributed by atoms with E-state index < -0.39 is 6.04 Å². The molecule has 22 heavy (non-hydrogen) atoms. The Morgan fingerprint density at radius 3 is 2.91 bits per heavy atom. The molecule has 3 N–H and O–H groups in total. The number of ether oxygens (including phenoxy) is 2. The summed E-state index contributed by atoms with van der Waals surface area (Å²) >= 11 is 0. The zero-order chi connectivity index (χ0) is 15.9. The maximum Gasteiger partial charge on any atom is 0.237 e. The minimum atomic E-state index is -0.525. The molecule has 0 aliphatic carbocycles. The van der Waals surface area contributed by atoms with Crippen LogP contribution in [-0.4, -0.2) is 32.3 Å². The van der Waals surface area contributed by atoms with E-state index in [1.54, 1.807) is 12.1 Å². The van der Waals surface area contributed by atoms with Crippen molar-refractivity contribution in [2.75, 3.05) is 20.3 Å². The molecule has 122 valence electrons. The van der Waals surface area contributed by atoms with Crippen molar-refractivity contribution in [1.82, 2.24) is 5.32 Å². The van der Waals surface area contributed by atoms with Crippen molar-refractivity contribution in [1.29, 1.82) is 0 Å². The number of hydrogen-bond donors (Lipinski definition) is 2. The van der Waals surface area contributed by atoms with Gasteiger partial charge in [0.1, 0.15) is 5.82 Å². The van der Waals surface area contributed by atoms with E-state index in [4.69, 9.17) is 15.2 Å². The Labute approximate surface area is 130 Å². The summed E-state index contributed by atoms with van der Waals surface area (Å²) < 4.78 is 23.7. The van der Waals surface area contributed by atoms with Crippen LogP contribution in [0.1, 0.15) is 24.0 Å². The molecule has 0 spiro atoms. The summed E-state index contributed by atoms with van der Waals surface area (Å²) in [7, 11) is 1.51. The van der Waals surface area contributed by atoms with Gasteiger partial charge in [-0.25, -0.2) is 4.39 Å². The van der Waals surface area contributed by atoms with Crippen molar-refractivity contribution in [3.05, 3.63) is 35.1 Å². The number of methoxy groups -OCH3 is 1. The third kappa shape index (κ3) is 4.50. The van der Waals surface area contributed by atoms with E-state index in [0.717, 1.165) is 18.4 Å². The van der Waals surface area contributed by atoms with E-state index in [1.807, 2.05) is 0 Å². The van der Waals surface area contributed by atoms with Gasteiger partial charge in [0.2, 0.25) is 5.91 Å². The molecule has 6 heteroatoms. The lowest BCUT2D eigenvalue weighted by Crippen LogP contribution is -2.46. The van der Waals surface area contributed by atoms with Crippen molar-refractivity contribution in [2.24, 2.45) is 11.7 Å². The summed E-state index contributed by atoms with van der Waals surface area (Å²) in [5, 5.41) is 2.82. The van der Waals surface area contributed by atoms with Gasteiger partial charge >= 0.3 is 0 Å². The molecule has 1 unspecified atom stereocenters. The topological polar surface area (TPSA) is 73.6 Å². The predicted octanol–water partition coefficient (Wildman–Crippen LogP) is 1.34. The van der Waals surface area contributed by atoms with E-state index in [1.165, 1.54) is 13.2 Å². The van der Waals surface area contributed by atoms with Crippen molar-refractivity contribution in [2.45, 2.75) is 32.0 Å². The molecule has 5 nitrogen and oxygen atoms in total.